The van der Waals surface area contributed by atoms with E-state index in [9.17, 15) is 14.4 Å². The number of hydrogen-bond donors (Lipinski definition) is 0. The van der Waals surface area contributed by atoms with E-state index in [0.717, 1.165) is 28.8 Å². The van der Waals surface area contributed by atoms with E-state index in [2.05, 4.69) is 6.92 Å². The largest absolute Gasteiger partial charge is 0.486 e. The molecule has 5 rings (SSSR count). The van der Waals surface area contributed by atoms with Crippen molar-refractivity contribution in [2.24, 2.45) is 5.92 Å². The first-order chi connectivity index (χ1) is 16.7. The van der Waals surface area contributed by atoms with E-state index in [1.807, 2.05) is 43.0 Å². The van der Waals surface area contributed by atoms with Crippen LogP contribution < -0.4 is 9.64 Å². The average molecular weight is 495 g/mol. The monoisotopic (exact) mass is 494 g/mol. The van der Waals surface area contributed by atoms with Crippen LogP contribution in [0.4, 0.5) is 5.69 Å². The third-order valence-corrected chi connectivity index (χ3v) is 7.99. The number of Topliss-reactive ketones (excluding diaryl/α,β-unsaturated/α-hetero) is 1. The summed E-state index contributed by atoms with van der Waals surface area (Å²) < 4.78 is 6.42. The van der Waals surface area contributed by atoms with Gasteiger partial charge < -0.3 is 14.5 Å². The Balaban J connectivity index is 1.27. The van der Waals surface area contributed by atoms with Gasteiger partial charge in [-0.05, 0) is 49.1 Å². The second-order valence-electron chi connectivity index (χ2n) is 10.2. The smallest absolute Gasteiger partial charge is 0.228 e. The first-order valence-corrected chi connectivity index (χ1v) is 12.8. The summed E-state index contributed by atoms with van der Waals surface area (Å²) >= 11 is 6.15. The topological polar surface area (TPSA) is 66.9 Å². The summed E-state index contributed by atoms with van der Waals surface area (Å²) in [7, 11) is 0. The number of para-hydroxylation sites is 1. The standard InChI is InChI=1S/C28H31ClN2O4/c1-4-19-7-5-6-17(2)25(19)31-16-20(13-24(31)33)27(34)30-10-8-28(9-11-30)15-23(32)22-14-21(29)12-18(3)26(22)35-28/h5-7,12,14,20H,4,8-11,13,15-16H2,1-3H3. The van der Waals surface area contributed by atoms with Crippen molar-refractivity contribution in [3.8, 4) is 5.75 Å². The number of ketones is 1. The highest BCUT2D eigenvalue weighted by Gasteiger charge is 2.46. The van der Waals surface area contributed by atoms with E-state index in [1.54, 1.807) is 11.0 Å². The summed E-state index contributed by atoms with van der Waals surface area (Å²) in [6.45, 7) is 7.45. The SMILES string of the molecule is CCc1cccc(C)c1N1CC(C(=O)N2CCC3(CC2)CC(=O)c2cc(Cl)cc(C)c2O3)CC1=O. The molecule has 3 aliphatic heterocycles. The fraction of sp³-hybridized carbons (Fsp3) is 0.464. The van der Waals surface area contributed by atoms with E-state index in [4.69, 9.17) is 16.3 Å². The fourth-order valence-corrected chi connectivity index (χ4v) is 6.14. The summed E-state index contributed by atoms with van der Waals surface area (Å²) in [5, 5.41) is 0.534. The number of aryl methyl sites for hydroxylation is 3. The highest BCUT2D eigenvalue weighted by atomic mass is 35.5. The lowest BCUT2D eigenvalue weighted by atomic mass is 9.81. The van der Waals surface area contributed by atoms with Crippen molar-refractivity contribution in [3.63, 3.8) is 0 Å². The van der Waals surface area contributed by atoms with Gasteiger partial charge in [0.2, 0.25) is 11.8 Å². The predicted molar refractivity (Wildman–Crippen MR) is 135 cm³/mol. The first kappa shape index (κ1) is 23.9. The van der Waals surface area contributed by atoms with Crippen molar-refractivity contribution in [2.45, 2.75) is 58.5 Å². The number of piperidine rings is 1. The maximum atomic E-state index is 13.4. The number of likely N-dealkylation sites (tertiary alicyclic amines) is 1. The molecule has 1 unspecified atom stereocenters. The summed E-state index contributed by atoms with van der Waals surface area (Å²) in [5.74, 6) is 0.339. The number of carbonyl (C=O) groups is 3. The molecule has 2 saturated heterocycles. The molecule has 35 heavy (non-hydrogen) atoms. The van der Waals surface area contributed by atoms with Gasteiger partial charge in [0.15, 0.2) is 5.78 Å². The molecule has 184 valence electrons. The fourth-order valence-electron chi connectivity index (χ4n) is 5.86. The van der Waals surface area contributed by atoms with E-state index in [-0.39, 0.29) is 29.9 Å². The van der Waals surface area contributed by atoms with Gasteiger partial charge in [0, 0.05) is 49.6 Å². The van der Waals surface area contributed by atoms with Gasteiger partial charge in [-0.25, -0.2) is 0 Å². The molecule has 0 bridgehead atoms. The molecule has 3 aliphatic rings. The highest BCUT2D eigenvalue weighted by Crippen LogP contribution is 2.42. The van der Waals surface area contributed by atoms with Crippen LogP contribution in [0.2, 0.25) is 5.02 Å². The van der Waals surface area contributed by atoms with Crippen LogP contribution in [0, 0.1) is 19.8 Å². The molecule has 7 heteroatoms. The second-order valence-corrected chi connectivity index (χ2v) is 10.6. The molecular weight excluding hydrogens is 464 g/mol. The Kier molecular flexibility index (Phi) is 6.12. The van der Waals surface area contributed by atoms with E-state index in [1.165, 1.54) is 0 Å². The highest BCUT2D eigenvalue weighted by molar-refractivity contribution is 6.31. The van der Waals surface area contributed by atoms with Crippen LogP contribution >= 0.6 is 11.6 Å². The molecule has 6 nitrogen and oxygen atoms in total. The molecule has 1 spiro atoms. The van der Waals surface area contributed by atoms with Crippen LogP contribution in [0.3, 0.4) is 0 Å². The number of fused-ring (bicyclic) bond motifs is 1. The Labute approximate surface area is 211 Å². The number of nitrogens with zero attached hydrogens (tertiary/aromatic N) is 2. The van der Waals surface area contributed by atoms with Crippen molar-refractivity contribution < 1.29 is 19.1 Å². The van der Waals surface area contributed by atoms with Crippen LogP contribution in [-0.2, 0) is 16.0 Å². The number of rotatable bonds is 3. The number of amides is 2. The first-order valence-electron chi connectivity index (χ1n) is 12.4. The summed E-state index contributed by atoms with van der Waals surface area (Å²) in [4.78, 5) is 42.9. The van der Waals surface area contributed by atoms with Gasteiger partial charge >= 0.3 is 0 Å². The predicted octanol–water partition coefficient (Wildman–Crippen LogP) is 4.90. The lowest BCUT2D eigenvalue weighted by Gasteiger charge is -2.44. The number of halogens is 1. The molecule has 0 N–H and O–H groups in total. The Morgan fingerprint density at radius 3 is 2.60 bits per heavy atom. The number of anilines is 1. The minimum Gasteiger partial charge on any atom is -0.486 e. The second kappa shape index (κ2) is 8.98. The summed E-state index contributed by atoms with van der Waals surface area (Å²) in [6.07, 6.45) is 2.55. The average Bonchev–Trinajstić information content (AvgIpc) is 3.21. The molecule has 2 fully saturated rings. The Morgan fingerprint density at radius 1 is 1.14 bits per heavy atom. The van der Waals surface area contributed by atoms with Crippen molar-refractivity contribution in [1.82, 2.24) is 4.90 Å². The maximum Gasteiger partial charge on any atom is 0.228 e. The molecule has 0 aromatic heterocycles. The molecular formula is C28H31ClN2O4. The van der Waals surface area contributed by atoms with E-state index < -0.39 is 5.60 Å². The van der Waals surface area contributed by atoms with Crippen molar-refractivity contribution >= 4 is 34.9 Å². The van der Waals surface area contributed by atoms with Crippen molar-refractivity contribution in [1.29, 1.82) is 0 Å². The van der Waals surface area contributed by atoms with Gasteiger partial charge in [-0.3, -0.25) is 14.4 Å². The molecule has 1 atom stereocenters. The van der Waals surface area contributed by atoms with Gasteiger partial charge in [-0.15, -0.1) is 0 Å². The number of benzene rings is 2. The third kappa shape index (κ3) is 4.22. The molecule has 0 aliphatic carbocycles. The molecule has 0 radical (unpaired) electrons. The van der Waals surface area contributed by atoms with Crippen LogP contribution in [-0.4, -0.2) is 47.7 Å². The van der Waals surface area contributed by atoms with Crippen LogP contribution in [0.25, 0.3) is 0 Å². The maximum absolute atomic E-state index is 13.4. The lowest BCUT2D eigenvalue weighted by molar-refractivity contribution is -0.139. The van der Waals surface area contributed by atoms with Crippen molar-refractivity contribution in [2.75, 3.05) is 24.5 Å². The van der Waals surface area contributed by atoms with Crippen LogP contribution in [0.15, 0.2) is 30.3 Å². The normalized spacial score (nSPS) is 21.3. The van der Waals surface area contributed by atoms with E-state index >= 15 is 0 Å². The zero-order valence-corrected chi connectivity index (χ0v) is 21.3. The Morgan fingerprint density at radius 2 is 1.89 bits per heavy atom. The molecule has 2 aromatic carbocycles. The number of carbonyl (C=O) groups excluding carboxylic acids is 3. The quantitative estimate of drug-likeness (QED) is 0.608. The molecule has 2 aromatic rings. The molecule has 3 heterocycles. The van der Waals surface area contributed by atoms with Crippen LogP contribution in [0.5, 0.6) is 5.75 Å². The minimum atomic E-state index is -0.589. The lowest BCUT2D eigenvalue weighted by Crippen LogP contribution is -2.53. The Bertz CT molecular complexity index is 1220. The summed E-state index contributed by atoms with van der Waals surface area (Å²) in [5.41, 5.74) is 3.95. The van der Waals surface area contributed by atoms with Crippen molar-refractivity contribution in [3.05, 3.63) is 57.6 Å². The van der Waals surface area contributed by atoms with Gasteiger partial charge in [0.1, 0.15) is 11.4 Å². The molecule has 0 saturated carbocycles. The van der Waals surface area contributed by atoms with Crippen LogP contribution in [0.1, 0.15) is 59.7 Å². The zero-order valence-electron chi connectivity index (χ0n) is 20.5. The Hall–Kier alpha value is -2.86. The number of hydrogen-bond acceptors (Lipinski definition) is 4. The van der Waals surface area contributed by atoms with Gasteiger partial charge in [0.25, 0.3) is 0 Å². The van der Waals surface area contributed by atoms with Gasteiger partial charge in [0.05, 0.1) is 17.9 Å². The third-order valence-electron chi connectivity index (χ3n) is 7.77. The molecule has 2 amide bonds. The number of ether oxygens (including phenoxy) is 1. The van der Waals surface area contributed by atoms with Gasteiger partial charge in [-0.1, -0.05) is 36.7 Å². The minimum absolute atomic E-state index is 0.00721. The van der Waals surface area contributed by atoms with E-state index in [0.29, 0.717) is 55.2 Å². The zero-order chi connectivity index (χ0) is 24.9. The summed E-state index contributed by atoms with van der Waals surface area (Å²) in [6, 6.07) is 9.57. The van der Waals surface area contributed by atoms with Gasteiger partial charge in [-0.2, -0.15) is 0 Å².